The number of nitrogens with one attached hydrogen (secondary N) is 1. The predicted octanol–water partition coefficient (Wildman–Crippen LogP) is 2.76. The van der Waals surface area contributed by atoms with E-state index in [0.717, 1.165) is 26.1 Å². The van der Waals surface area contributed by atoms with Gasteiger partial charge in [0.1, 0.15) is 0 Å². The maximum atomic E-state index is 5.36. The van der Waals surface area contributed by atoms with Crippen LogP contribution in [0.3, 0.4) is 0 Å². The van der Waals surface area contributed by atoms with Crippen LogP contribution in [0.1, 0.15) is 18.9 Å². The van der Waals surface area contributed by atoms with Gasteiger partial charge in [0.15, 0.2) is 0 Å². The summed E-state index contributed by atoms with van der Waals surface area (Å²) in [6, 6.07) is 9.44. The average Bonchev–Trinajstić information content (AvgIpc) is 2.74. The molecule has 1 aromatic carbocycles. The minimum Gasteiger partial charge on any atom is -0.380 e. The van der Waals surface area contributed by atoms with Gasteiger partial charge in [0.25, 0.3) is 0 Å². The lowest BCUT2D eigenvalue weighted by atomic mass is 10.1. The lowest BCUT2D eigenvalue weighted by Gasteiger charge is -2.18. The van der Waals surface area contributed by atoms with Gasteiger partial charge >= 0.3 is 0 Å². The number of rotatable bonds is 4. The molecular weight excluding hydrogens is 266 g/mol. The van der Waals surface area contributed by atoms with E-state index in [1.165, 1.54) is 10.0 Å². The van der Waals surface area contributed by atoms with E-state index in [1.54, 1.807) is 0 Å². The van der Waals surface area contributed by atoms with Gasteiger partial charge < -0.3 is 10.1 Å². The highest BCUT2D eigenvalue weighted by molar-refractivity contribution is 9.10. The summed E-state index contributed by atoms with van der Waals surface area (Å²) in [6.07, 6.45) is 2.19. The van der Waals surface area contributed by atoms with Gasteiger partial charge in [-0.25, -0.2) is 0 Å². The Hall–Kier alpha value is -0.380. The first-order valence-corrected chi connectivity index (χ1v) is 6.62. The topological polar surface area (TPSA) is 21.3 Å². The molecule has 2 nitrogen and oxygen atoms in total. The summed E-state index contributed by atoms with van der Waals surface area (Å²) in [5, 5.41) is 3.61. The molecule has 0 amide bonds. The molecule has 0 aliphatic carbocycles. The molecule has 16 heavy (non-hydrogen) atoms. The third-order valence-electron chi connectivity index (χ3n) is 2.93. The van der Waals surface area contributed by atoms with E-state index in [0.29, 0.717) is 12.1 Å². The first-order valence-electron chi connectivity index (χ1n) is 5.83. The van der Waals surface area contributed by atoms with Crippen molar-refractivity contribution in [1.82, 2.24) is 5.32 Å². The van der Waals surface area contributed by atoms with Gasteiger partial charge in [0.05, 0.1) is 6.61 Å². The summed E-state index contributed by atoms with van der Waals surface area (Å²) in [5.74, 6) is 0. The monoisotopic (exact) mass is 283 g/mol. The molecule has 0 saturated carbocycles. The Morgan fingerprint density at radius 2 is 2.31 bits per heavy atom. The maximum absolute atomic E-state index is 5.36. The molecular formula is C13H18BrNO. The van der Waals surface area contributed by atoms with Gasteiger partial charge in [-0.2, -0.15) is 0 Å². The summed E-state index contributed by atoms with van der Waals surface area (Å²) in [7, 11) is 0. The molecule has 88 valence electrons. The third-order valence-corrected chi connectivity index (χ3v) is 3.71. The first-order chi connectivity index (χ1) is 7.75. The molecule has 0 unspecified atom stereocenters. The van der Waals surface area contributed by atoms with Crippen molar-refractivity contribution in [1.29, 1.82) is 0 Å². The van der Waals surface area contributed by atoms with E-state index in [-0.39, 0.29) is 0 Å². The van der Waals surface area contributed by atoms with E-state index in [4.69, 9.17) is 4.74 Å². The Morgan fingerprint density at radius 3 is 3.00 bits per heavy atom. The smallest absolute Gasteiger partial charge is 0.0620 e. The lowest BCUT2D eigenvalue weighted by Crippen LogP contribution is -2.38. The van der Waals surface area contributed by atoms with Crippen molar-refractivity contribution in [2.75, 3.05) is 13.2 Å². The van der Waals surface area contributed by atoms with Crippen LogP contribution in [0.4, 0.5) is 0 Å². The van der Waals surface area contributed by atoms with Crippen LogP contribution in [0, 0.1) is 0 Å². The molecule has 1 aliphatic heterocycles. The van der Waals surface area contributed by atoms with E-state index in [9.17, 15) is 0 Å². The van der Waals surface area contributed by atoms with Gasteiger partial charge in [-0.15, -0.1) is 0 Å². The van der Waals surface area contributed by atoms with Crippen LogP contribution in [-0.2, 0) is 11.2 Å². The van der Waals surface area contributed by atoms with E-state index in [2.05, 4.69) is 52.4 Å². The Bertz CT molecular complexity index is 336. The third kappa shape index (κ3) is 3.30. The van der Waals surface area contributed by atoms with Crippen LogP contribution >= 0.6 is 15.9 Å². The van der Waals surface area contributed by atoms with Crippen molar-refractivity contribution in [3.63, 3.8) is 0 Å². The van der Waals surface area contributed by atoms with Gasteiger partial charge in [-0.05, 0) is 31.4 Å². The quantitative estimate of drug-likeness (QED) is 0.918. The van der Waals surface area contributed by atoms with Crippen LogP contribution in [0.25, 0.3) is 0 Å². The molecule has 0 radical (unpaired) electrons. The van der Waals surface area contributed by atoms with E-state index >= 15 is 0 Å². The number of ether oxygens (including phenoxy) is 1. The molecule has 2 rings (SSSR count). The van der Waals surface area contributed by atoms with E-state index < -0.39 is 0 Å². The largest absolute Gasteiger partial charge is 0.380 e. The van der Waals surface area contributed by atoms with Crippen LogP contribution < -0.4 is 5.32 Å². The molecule has 0 spiro atoms. The molecule has 1 aromatic rings. The number of hydrogen-bond donors (Lipinski definition) is 1. The first kappa shape index (κ1) is 12.1. The van der Waals surface area contributed by atoms with Crippen LogP contribution in [0.5, 0.6) is 0 Å². The second-order valence-electron chi connectivity index (χ2n) is 4.42. The molecule has 1 N–H and O–H groups in total. The highest BCUT2D eigenvalue weighted by Crippen LogP contribution is 2.17. The van der Waals surface area contributed by atoms with Crippen molar-refractivity contribution in [3.8, 4) is 0 Å². The highest BCUT2D eigenvalue weighted by Gasteiger charge is 2.17. The predicted molar refractivity (Wildman–Crippen MR) is 69.7 cm³/mol. The zero-order valence-electron chi connectivity index (χ0n) is 9.58. The Kier molecular flexibility index (Phi) is 4.38. The molecule has 1 saturated heterocycles. The summed E-state index contributed by atoms with van der Waals surface area (Å²) in [4.78, 5) is 0. The fourth-order valence-corrected chi connectivity index (χ4v) is 2.57. The average molecular weight is 284 g/mol. The minimum absolute atomic E-state index is 0.491. The van der Waals surface area contributed by atoms with Crippen LogP contribution in [-0.4, -0.2) is 25.3 Å². The number of hydrogen-bond acceptors (Lipinski definition) is 2. The lowest BCUT2D eigenvalue weighted by molar-refractivity contribution is 0.188. The number of halogens is 1. The molecule has 1 heterocycles. The van der Waals surface area contributed by atoms with Crippen molar-refractivity contribution in [2.45, 2.75) is 31.8 Å². The SMILES string of the molecule is C[C@H](Cc1ccccc1Br)N[C@H]1CCOC1. The Balaban J connectivity index is 1.86. The fourth-order valence-electron chi connectivity index (χ4n) is 2.12. The second-order valence-corrected chi connectivity index (χ2v) is 5.28. The standard InChI is InChI=1S/C13H18BrNO/c1-10(15-12-6-7-16-9-12)8-11-4-2-3-5-13(11)14/h2-5,10,12,15H,6-9H2,1H3/t10-,12+/m1/s1. The van der Waals surface area contributed by atoms with Crippen molar-refractivity contribution in [3.05, 3.63) is 34.3 Å². The van der Waals surface area contributed by atoms with Gasteiger partial charge in [-0.1, -0.05) is 34.1 Å². The molecule has 1 aliphatic rings. The van der Waals surface area contributed by atoms with Crippen LogP contribution in [0.2, 0.25) is 0 Å². The molecule has 3 heteroatoms. The number of benzene rings is 1. The maximum Gasteiger partial charge on any atom is 0.0620 e. The highest BCUT2D eigenvalue weighted by atomic mass is 79.9. The van der Waals surface area contributed by atoms with Crippen molar-refractivity contribution >= 4 is 15.9 Å². The minimum atomic E-state index is 0.491. The molecule has 0 bridgehead atoms. The summed E-state index contributed by atoms with van der Waals surface area (Å²) < 4.78 is 6.56. The van der Waals surface area contributed by atoms with Gasteiger partial charge in [0.2, 0.25) is 0 Å². The normalized spacial score (nSPS) is 22.2. The zero-order chi connectivity index (χ0) is 11.4. The Morgan fingerprint density at radius 1 is 1.50 bits per heavy atom. The zero-order valence-corrected chi connectivity index (χ0v) is 11.2. The molecule has 1 fully saturated rings. The van der Waals surface area contributed by atoms with Crippen LogP contribution in [0.15, 0.2) is 28.7 Å². The van der Waals surface area contributed by atoms with Gasteiger partial charge in [0, 0.05) is 23.2 Å². The van der Waals surface area contributed by atoms with Crippen molar-refractivity contribution in [2.24, 2.45) is 0 Å². The van der Waals surface area contributed by atoms with Crippen molar-refractivity contribution < 1.29 is 4.74 Å². The van der Waals surface area contributed by atoms with E-state index in [1.807, 2.05) is 0 Å². The van der Waals surface area contributed by atoms with Gasteiger partial charge in [-0.3, -0.25) is 0 Å². The Labute approximate surface area is 106 Å². The second kappa shape index (κ2) is 5.80. The summed E-state index contributed by atoms with van der Waals surface area (Å²) >= 11 is 3.59. The summed E-state index contributed by atoms with van der Waals surface area (Å²) in [6.45, 7) is 4.00. The molecule has 2 atom stereocenters. The summed E-state index contributed by atoms with van der Waals surface area (Å²) in [5.41, 5.74) is 1.36. The molecule has 0 aromatic heterocycles. The fraction of sp³-hybridized carbons (Fsp3) is 0.538.